The Hall–Kier alpha value is -2.49. The Morgan fingerprint density at radius 1 is 1.08 bits per heavy atom. The van der Waals surface area contributed by atoms with Crippen LogP contribution in [0.15, 0.2) is 48.5 Å². The molecule has 4 nitrogen and oxygen atoms in total. The van der Waals surface area contributed by atoms with Gasteiger partial charge < -0.3 is 14.8 Å². The number of ether oxygens (including phenoxy) is 2. The number of amides is 1. The van der Waals surface area contributed by atoms with Gasteiger partial charge >= 0.3 is 0 Å². The molecule has 0 spiro atoms. The Morgan fingerprint density at radius 2 is 1.75 bits per heavy atom. The molecule has 0 bridgehead atoms. The lowest BCUT2D eigenvalue weighted by atomic mass is 9.94. The Bertz CT molecular complexity index is 722. The summed E-state index contributed by atoms with van der Waals surface area (Å²) in [6, 6.07) is 15.3. The molecule has 24 heavy (non-hydrogen) atoms. The average molecular weight is 325 g/mol. The van der Waals surface area contributed by atoms with Gasteiger partial charge in [-0.25, -0.2) is 0 Å². The molecule has 1 saturated carbocycles. The third-order valence-corrected chi connectivity index (χ3v) is 4.40. The summed E-state index contributed by atoms with van der Waals surface area (Å²) in [5, 5.41) is 3.05. The Balaban J connectivity index is 1.83. The highest BCUT2D eigenvalue weighted by Gasteiger charge is 2.52. The van der Waals surface area contributed by atoms with Crippen LogP contribution < -0.4 is 14.8 Å². The van der Waals surface area contributed by atoms with Crippen LogP contribution in [0.2, 0.25) is 0 Å². The second-order valence-corrected chi connectivity index (χ2v) is 6.08. The van der Waals surface area contributed by atoms with Crippen LogP contribution in [0.25, 0.3) is 0 Å². The normalized spacial score (nSPS) is 14.8. The minimum absolute atomic E-state index is 0.000418. The molecule has 0 aromatic heterocycles. The molecule has 2 aromatic carbocycles. The first-order valence-electron chi connectivity index (χ1n) is 8.38. The third-order valence-electron chi connectivity index (χ3n) is 4.40. The van der Waals surface area contributed by atoms with E-state index in [0.29, 0.717) is 12.4 Å². The van der Waals surface area contributed by atoms with Gasteiger partial charge in [0.1, 0.15) is 11.5 Å². The zero-order chi connectivity index (χ0) is 17.0. The number of hydrogen-bond acceptors (Lipinski definition) is 3. The zero-order valence-electron chi connectivity index (χ0n) is 14.2. The lowest BCUT2D eigenvalue weighted by Gasteiger charge is -2.19. The van der Waals surface area contributed by atoms with Crippen LogP contribution in [-0.4, -0.2) is 19.6 Å². The van der Waals surface area contributed by atoms with E-state index in [9.17, 15) is 4.79 Å². The van der Waals surface area contributed by atoms with E-state index in [-0.39, 0.29) is 5.91 Å². The molecular formula is C20H23NO3. The second kappa shape index (κ2) is 6.95. The van der Waals surface area contributed by atoms with Crippen molar-refractivity contribution in [3.8, 4) is 11.5 Å². The highest BCUT2D eigenvalue weighted by Crippen LogP contribution is 2.52. The minimum atomic E-state index is -0.496. The Morgan fingerprint density at radius 3 is 2.42 bits per heavy atom. The van der Waals surface area contributed by atoms with Gasteiger partial charge in [0, 0.05) is 5.56 Å². The molecule has 0 saturated heterocycles. The standard InChI is InChI=1S/C20H23NO3/c1-3-14-24-18-11-7-5-9-16(18)21-19(22)20(12-13-20)15-8-4-6-10-17(15)23-2/h4-11H,3,12-14H2,1-2H3,(H,21,22). The summed E-state index contributed by atoms with van der Waals surface area (Å²) in [6.07, 6.45) is 2.59. The second-order valence-electron chi connectivity index (χ2n) is 6.08. The van der Waals surface area contributed by atoms with Gasteiger partial charge in [-0.05, 0) is 37.5 Å². The minimum Gasteiger partial charge on any atom is -0.496 e. The highest BCUT2D eigenvalue weighted by atomic mass is 16.5. The van der Waals surface area contributed by atoms with Crippen LogP contribution in [0.4, 0.5) is 5.69 Å². The summed E-state index contributed by atoms with van der Waals surface area (Å²) in [4.78, 5) is 13.0. The topological polar surface area (TPSA) is 47.6 Å². The van der Waals surface area contributed by atoms with Crippen molar-refractivity contribution >= 4 is 11.6 Å². The maximum atomic E-state index is 13.0. The molecule has 1 amide bonds. The van der Waals surface area contributed by atoms with Crippen LogP contribution in [0, 0.1) is 0 Å². The summed E-state index contributed by atoms with van der Waals surface area (Å²) in [7, 11) is 1.64. The van der Waals surface area contributed by atoms with Crippen molar-refractivity contribution in [1.82, 2.24) is 0 Å². The fourth-order valence-electron chi connectivity index (χ4n) is 2.93. The number of nitrogens with one attached hydrogen (secondary N) is 1. The lowest BCUT2D eigenvalue weighted by Crippen LogP contribution is -2.28. The maximum Gasteiger partial charge on any atom is 0.235 e. The molecule has 3 rings (SSSR count). The Labute approximate surface area is 142 Å². The number of carbonyl (C=O) groups excluding carboxylic acids is 1. The summed E-state index contributed by atoms with van der Waals surface area (Å²) in [6.45, 7) is 2.69. The predicted molar refractivity (Wildman–Crippen MR) is 94.8 cm³/mol. The van der Waals surface area contributed by atoms with E-state index in [4.69, 9.17) is 9.47 Å². The van der Waals surface area contributed by atoms with E-state index in [2.05, 4.69) is 12.2 Å². The van der Waals surface area contributed by atoms with E-state index in [1.807, 2.05) is 48.5 Å². The lowest BCUT2D eigenvalue weighted by molar-refractivity contribution is -0.118. The monoisotopic (exact) mass is 325 g/mol. The number of carbonyl (C=O) groups is 1. The van der Waals surface area contributed by atoms with Gasteiger partial charge in [-0.2, -0.15) is 0 Å². The zero-order valence-corrected chi connectivity index (χ0v) is 14.2. The van der Waals surface area contributed by atoms with E-state index < -0.39 is 5.41 Å². The van der Waals surface area contributed by atoms with Gasteiger partial charge in [0.05, 0.1) is 24.8 Å². The first-order valence-corrected chi connectivity index (χ1v) is 8.38. The van der Waals surface area contributed by atoms with Crippen molar-refractivity contribution in [2.75, 3.05) is 19.0 Å². The van der Waals surface area contributed by atoms with E-state index >= 15 is 0 Å². The first kappa shape index (κ1) is 16.4. The van der Waals surface area contributed by atoms with Crippen LogP contribution in [-0.2, 0) is 10.2 Å². The molecule has 0 unspecified atom stereocenters. The number of hydrogen-bond donors (Lipinski definition) is 1. The molecule has 2 aromatic rings. The summed E-state index contributed by atoms with van der Waals surface area (Å²) in [5.74, 6) is 1.48. The van der Waals surface area contributed by atoms with E-state index in [0.717, 1.165) is 36.3 Å². The molecule has 4 heteroatoms. The number of methoxy groups -OCH3 is 1. The van der Waals surface area contributed by atoms with Crippen molar-refractivity contribution in [3.05, 3.63) is 54.1 Å². The van der Waals surface area contributed by atoms with E-state index in [1.165, 1.54) is 0 Å². The fraction of sp³-hybridized carbons (Fsp3) is 0.350. The molecule has 126 valence electrons. The largest absolute Gasteiger partial charge is 0.496 e. The molecule has 1 N–H and O–H groups in total. The van der Waals surface area contributed by atoms with Gasteiger partial charge in [-0.3, -0.25) is 4.79 Å². The quantitative estimate of drug-likeness (QED) is 0.832. The van der Waals surface area contributed by atoms with Crippen molar-refractivity contribution in [3.63, 3.8) is 0 Å². The molecule has 1 aliphatic carbocycles. The number of anilines is 1. The van der Waals surface area contributed by atoms with Gasteiger partial charge in [-0.1, -0.05) is 37.3 Å². The van der Waals surface area contributed by atoms with Crippen molar-refractivity contribution < 1.29 is 14.3 Å². The molecule has 0 aliphatic heterocycles. The number of benzene rings is 2. The molecule has 0 heterocycles. The average Bonchev–Trinajstić information content (AvgIpc) is 3.43. The van der Waals surface area contributed by atoms with Crippen LogP contribution in [0.5, 0.6) is 11.5 Å². The van der Waals surface area contributed by atoms with Gasteiger partial charge in [0.25, 0.3) is 0 Å². The molecule has 1 aliphatic rings. The molecular weight excluding hydrogens is 302 g/mol. The van der Waals surface area contributed by atoms with Crippen LogP contribution in [0.1, 0.15) is 31.7 Å². The van der Waals surface area contributed by atoms with Crippen molar-refractivity contribution in [2.24, 2.45) is 0 Å². The summed E-state index contributed by atoms with van der Waals surface area (Å²) < 4.78 is 11.2. The van der Waals surface area contributed by atoms with Gasteiger partial charge in [-0.15, -0.1) is 0 Å². The Kier molecular flexibility index (Phi) is 4.74. The maximum absolute atomic E-state index is 13.0. The number of rotatable bonds is 7. The summed E-state index contributed by atoms with van der Waals surface area (Å²) >= 11 is 0. The highest BCUT2D eigenvalue weighted by molar-refractivity contribution is 6.02. The SMILES string of the molecule is CCCOc1ccccc1NC(=O)C1(c2ccccc2OC)CC1. The molecule has 0 atom stereocenters. The van der Waals surface area contributed by atoms with Gasteiger partial charge in [0.2, 0.25) is 5.91 Å². The van der Waals surface area contributed by atoms with E-state index in [1.54, 1.807) is 7.11 Å². The number of para-hydroxylation sites is 3. The smallest absolute Gasteiger partial charge is 0.235 e. The predicted octanol–water partition coefficient (Wildman–Crippen LogP) is 4.15. The van der Waals surface area contributed by atoms with Gasteiger partial charge in [0.15, 0.2) is 0 Å². The third kappa shape index (κ3) is 3.09. The van der Waals surface area contributed by atoms with Crippen LogP contribution >= 0.6 is 0 Å². The first-order chi connectivity index (χ1) is 11.7. The van der Waals surface area contributed by atoms with Crippen molar-refractivity contribution in [2.45, 2.75) is 31.6 Å². The van der Waals surface area contributed by atoms with Crippen LogP contribution in [0.3, 0.4) is 0 Å². The summed E-state index contributed by atoms with van der Waals surface area (Å²) in [5.41, 5.74) is 1.18. The molecule has 1 fully saturated rings. The van der Waals surface area contributed by atoms with Crippen molar-refractivity contribution in [1.29, 1.82) is 0 Å². The fourth-order valence-corrected chi connectivity index (χ4v) is 2.93. The molecule has 0 radical (unpaired) electrons.